The fourth-order valence-corrected chi connectivity index (χ4v) is 6.03. The monoisotopic (exact) mass is 506 g/mol. The van der Waals surface area contributed by atoms with Gasteiger partial charge in [0.05, 0.1) is 17.4 Å². The Hall–Kier alpha value is -1.89. The van der Waals surface area contributed by atoms with E-state index in [9.17, 15) is 30.4 Å². The zero-order valence-electron chi connectivity index (χ0n) is 18.2. The van der Waals surface area contributed by atoms with Gasteiger partial charge < -0.3 is 4.74 Å². The van der Waals surface area contributed by atoms with E-state index in [4.69, 9.17) is 4.74 Å². The maximum atomic E-state index is 13.4. The van der Waals surface area contributed by atoms with Crippen LogP contribution >= 0.6 is 0 Å². The lowest BCUT2D eigenvalue weighted by Gasteiger charge is -2.19. The molecule has 1 aliphatic carbocycles. The van der Waals surface area contributed by atoms with Gasteiger partial charge in [0.1, 0.15) is 0 Å². The molecule has 0 amide bonds. The summed E-state index contributed by atoms with van der Waals surface area (Å²) in [5.74, 6) is -5.35. The number of nitrogens with one attached hydrogen (secondary N) is 1. The lowest BCUT2D eigenvalue weighted by molar-refractivity contribution is -0.145. The van der Waals surface area contributed by atoms with Crippen LogP contribution in [0, 0.1) is 11.8 Å². The summed E-state index contributed by atoms with van der Waals surface area (Å²) in [7, 11) is -7.42. The number of nitrogens with zero attached hydrogens (tertiary/aromatic N) is 1. The second-order valence-electron chi connectivity index (χ2n) is 8.35. The molecule has 0 spiro atoms. The van der Waals surface area contributed by atoms with Crippen LogP contribution in [-0.2, 0) is 29.6 Å². The topological polar surface area (TPSA) is 110 Å². The van der Waals surface area contributed by atoms with Crippen molar-refractivity contribution >= 4 is 26.0 Å². The minimum absolute atomic E-state index is 0.0120. The van der Waals surface area contributed by atoms with E-state index in [1.807, 2.05) is 0 Å². The SMILES string of the molecule is C=CS(=O)(=O)NCC1CCN(S(=O)(=O)c2ccc(C(CC3CC3(F)F)C(=O)OCC)cc2)C1. The molecule has 3 rings (SSSR count). The second-order valence-corrected chi connectivity index (χ2v) is 12.0. The standard InChI is InChI=1S/C21H28F2N2O6S2/c1-3-31-20(26)19(11-17-12-21(17,22)23)16-5-7-18(8-6-16)33(29,30)25-10-9-15(14-25)13-24-32(27,28)4-2/h4-8,15,17,19,24H,2-3,9-14H2,1H3. The highest BCUT2D eigenvalue weighted by molar-refractivity contribution is 7.92. The molecule has 2 fully saturated rings. The Bertz CT molecular complexity index is 1090. The number of hydrogen-bond donors (Lipinski definition) is 1. The quantitative estimate of drug-likeness (QED) is 0.462. The number of benzene rings is 1. The first-order valence-electron chi connectivity index (χ1n) is 10.7. The molecule has 1 aromatic carbocycles. The van der Waals surface area contributed by atoms with Crippen molar-refractivity contribution in [2.24, 2.45) is 11.8 Å². The van der Waals surface area contributed by atoms with Crippen LogP contribution in [0.3, 0.4) is 0 Å². The first-order valence-corrected chi connectivity index (χ1v) is 13.6. The molecule has 1 aliphatic heterocycles. The highest BCUT2D eigenvalue weighted by atomic mass is 32.2. The Morgan fingerprint density at radius 1 is 1.30 bits per heavy atom. The third-order valence-corrected chi connectivity index (χ3v) is 8.90. The molecule has 0 radical (unpaired) electrons. The Labute approximate surface area is 193 Å². The summed E-state index contributed by atoms with van der Waals surface area (Å²) in [6.07, 6.45) is 0.165. The molecule has 33 heavy (non-hydrogen) atoms. The number of halogens is 2. The number of esters is 1. The fraction of sp³-hybridized carbons (Fsp3) is 0.571. The Morgan fingerprint density at radius 3 is 2.48 bits per heavy atom. The van der Waals surface area contributed by atoms with Gasteiger partial charge >= 0.3 is 5.97 Å². The van der Waals surface area contributed by atoms with Gasteiger partial charge in [0.25, 0.3) is 5.92 Å². The molecule has 1 N–H and O–H groups in total. The summed E-state index contributed by atoms with van der Waals surface area (Å²) in [5, 5.41) is 0.798. The molecule has 1 saturated carbocycles. The predicted octanol–water partition coefficient (Wildman–Crippen LogP) is 2.45. The maximum absolute atomic E-state index is 13.4. The van der Waals surface area contributed by atoms with Crippen LogP contribution in [0.5, 0.6) is 0 Å². The van der Waals surface area contributed by atoms with Crippen molar-refractivity contribution in [2.75, 3.05) is 26.2 Å². The van der Waals surface area contributed by atoms with Crippen LogP contribution < -0.4 is 4.72 Å². The molecular formula is C21H28F2N2O6S2. The number of hydrogen-bond acceptors (Lipinski definition) is 6. The van der Waals surface area contributed by atoms with Gasteiger partial charge in [-0.05, 0) is 43.4 Å². The molecule has 1 saturated heterocycles. The molecule has 8 nitrogen and oxygen atoms in total. The van der Waals surface area contributed by atoms with Crippen LogP contribution in [0.1, 0.15) is 37.7 Å². The lowest BCUT2D eigenvalue weighted by Crippen LogP contribution is -2.32. The van der Waals surface area contributed by atoms with Crippen molar-refractivity contribution in [2.45, 2.75) is 42.9 Å². The van der Waals surface area contributed by atoms with Crippen LogP contribution in [-0.4, -0.2) is 59.3 Å². The largest absolute Gasteiger partial charge is 0.466 e. The number of sulfonamides is 2. The van der Waals surface area contributed by atoms with Gasteiger partial charge in [0.15, 0.2) is 0 Å². The fourth-order valence-electron chi connectivity index (χ4n) is 3.92. The maximum Gasteiger partial charge on any atom is 0.313 e. The summed E-state index contributed by atoms with van der Waals surface area (Å²) in [4.78, 5) is 12.4. The lowest BCUT2D eigenvalue weighted by atomic mass is 9.93. The minimum Gasteiger partial charge on any atom is -0.466 e. The summed E-state index contributed by atoms with van der Waals surface area (Å²) in [6, 6.07) is 5.63. The molecule has 0 bridgehead atoms. The van der Waals surface area contributed by atoms with Gasteiger partial charge in [-0.1, -0.05) is 18.7 Å². The molecular weight excluding hydrogens is 478 g/mol. The summed E-state index contributed by atoms with van der Waals surface area (Å²) >= 11 is 0. The van der Waals surface area contributed by atoms with E-state index in [-0.39, 0.29) is 49.9 Å². The predicted molar refractivity (Wildman–Crippen MR) is 117 cm³/mol. The van der Waals surface area contributed by atoms with Crippen molar-refractivity contribution in [3.05, 3.63) is 41.8 Å². The van der Waals surface area contributed by atoms with Gasteiger partial charge in [0.2, 0.25) is 20.0 Å². The zero-order chi connectivity index (χ0) is 24.4. The van der Waals surface area contributed by atoms with Gasteiger partial charge in [-0.2, -0.15) is 4.31 Å². The van der Waals surface area contributed by atoms with E-state index in [0.717, 1.165) is 5.41 Å². The Morgan fingerprint density at radius 2 is 1.94 bits per heavy atom. The highest BCUT2D eigenvalue weighted by Gasteiger charge is 2.57. The minimum atomic E-state index is -3.83. The van der Waals surface area contributed by atoms with E-state index >= 15 is 0 Å². The van der Waals surface area contributed by atoms with Gasteiger partial charge in [-0.3, -0.25) is 4.79 Å². The van der Waals surface area contributed by atoms with Crippen molar-refractivity contribution in [3.63, 3.8) is 0 Å². The van der Waals surface area contributed by atoms with E-state index in [2.05, 4.69) is 11.3 Å². The molecule has 1 aromatic rings. The number of alkyl halides is 2. The number of rotatable bonds is 11. The molecule has 12 heteroatoms. The highest BCUT2D eigenvalue weighted by Crippen LogP contribution is 2.53. The molecule has 3 unspecified atom stereocenters. The van der Waals surface area contributed by atoms with Crippen LogP contribution in [0.25, 0.3) is 0 Å². The smallest absolute Gasteiger partial charge is 0.313 e. The summed E-state index contributed by atoms with van der Waals surface area (Å²) < 4.78 is 84.5. The molecule has 0 aromatic heterocycles. The third-order valence-electron chi connectivity index (χ3n) is 6.01. The van der Waals surface area contributed by atoms with E-state index in [1.165, 1.54) is 28.6 Å². The van der Waals surface area contributed by atoms with Crippen molar-refractivity contribution in [1.82, 2.24) is 9.03 Å². The number of carbonyl (C=O) groups is 1. The van der Waals surface area contributed by atoms with Crippen LogP contribution in [0.4, 0.5) is 8.78 Å². The summed E-state index contributed by atoms with van der Waals surface area (Å²) in [5.41, 5.74) is 0.424. The van der Waals surface area contributed by atoms with E-state index < -0.39 is 43.8 Å². The first kappa shape index (κ1) is 25.7. The van der Waals surface area contributed by atoms with E-state index in [1.54, 1.807) is 6.92 Å². The average Bonchev–Trinajstić information content (AvgIpc) is 3.14. The molecule has 2 aliphatic rings. The van der Waals surface area contributed by atoms with Crippen molar-refractivity contribution in [1.29, 1.82) is 0 Å². The Kier molecular flexibility index (Phi) is 7.62. The van der Waals surface area contributed by atoms with Crippen molar-refractivity contribution in [3.8, 4) is 0 Å². The zero-order valence-corrected chi connectivity index (χ0v) is 19.9. The first-order chi connectivity index (χ1) is 15.4. The van der Waals surface area contributed by atoms with Crippen LogP contribution in [0.2, 0.25) is 0 Å². The summed E-state index contributed by atoms with van der Waals surface area (Å²) in [6.45, 7) is 5.46. The van der Waals surface area contributed by atoms with E-state index in [0.29, 0.717) is 12.0 Å². The number of carbonyl (C=O) groups excluding carboxylic acids is 1. The average molecular weight is 507 g/mol. The van der Waals surface area contributed by atoms with Crippen LogP contribution in [0.15, 0.2) is 41.1 Å². The van der Waals surface area contributed by atoms with Crippen molar-refractivity contribution < 1.29 is 35.1 Å². The van der Waals surface area contributed by atoms with Gasteiger partial charge in [-0.25, -0.2) is 30.3 Å². The molecule has 3 atom stereocenters. The van der Waals surface area contributed by atoms with Gasteiger partial charge in [0, 0.05) is 37.4 Å². The van der Waals surface area contributed by atoms with Gasteiger partial charge in [-0.15, -0.1) is 0 Å². The third kappa shape index (κ3) is 6.17. The molecule has 1 heterocycles. The second kappa shape index (κ2) is 9.77. The Balaban J connectivity index is 1.69. The molecule has 184 valence electrons. The number of ether oxygens (including phenoxy) is 1. The normalized spacial score (nSPS) is 23.7.